The SMILES string of the molecule is CC(C)C(CNC(=O)[C@@H]1CCCNC1)C(C)C. The van der Waals surface area contributed by atoms with Gasteiger partial charge in [-0.2, -0.15) is 0 Å². The lowest BCUT2D eigenvalue weighted by molar-refractivity contribution is -0.125. The van der Waals surface area contributed by atoms with E-state index in [0.717, 1.165) is 32.5 Å². The Labute approximate surface area is 106 Å². The number of carbonyl (C=O) groups is 1. The van der Waals surface area contributed by atoms with E-state index in [9.17, 15) is 4.79 Å². The zero-order valence-corrected chi connectivity index (χ0v) is 11.8. The number of carbonyl (C=O) groups excluding carboxylic acids is 1. The van der Waals surface area contributed by atoms with Gasteiger partial charge in [0.15, 0.2) is 0 Å². The number of piperidine rings is 1. The van der Waals surface area contributed by atoms with E-state index >= 15 is 0 Å². The van der Waals surface area contributed by atoms with Gasteiger partial charge in [0.05, 0.1) is 5.92 Å². The topological polar surface area (TPSA) is 41.1 Å². The highest BCUT2D eigenvalue weighted by atomic mass is 16.1. The van der Waals surface area contributed by atoms with Crippen molar-refractivity contribution in [3.8, 4) is 0 Å². The lowest BCUT2D eigenvalue weighted by atomic mass is 9.85. The summed E-state index contributed by atoms with van der Waals surface area (Å²) in [5.41, 5.74) is 0. The van der Waals surface area contributed by atoms with Crippen LogP contribution in [-0.4, -0.2) is 25.5 Å². The van der Waals surface area contributed by atoms with Crippen molar-refractivity contribution >= 4 is 5.91 Å². The van der Waals surface area contributed by atoms with E-state index in [1.807, 2.05) is 0 Å². The molecule has 1 atom stereocenters. The van der Waals surface area contributed by atoms with E-state index in [0.29, 0.717) is 17.8 Å². The summed E-state index contributed by atoms with van der Waals surface area (Å²) < 4.78 is 0. The van der Waals surface area contributed by atoms with Gasteiger partial charge in [0.2, 0.25) is 5.91 Å². The van der Waals surface area contributed by atoms with Crippen LogP contribution in [0.25, 0.3) is 0 Å². The van der Waals surface area contributed by atoms with Crippen LogP contribution < -0.4 is 10.6 Å². The fourth-order valence-electron chi connectivity index (χ4n) is 2.68. The number of rotatable bonds is 5. The van der Waals surface area contributed by atoms with Crippen LogP contribution in [0.2, 0.25) is 0 Å². The van der Waals surface area contributed by atoms with Crippen LogP contribution >= 0.6 is 0 Å². The highest BCUT2D eigenvalue weighted by molar-refractivity contribution is 5.78. The molecule has 0 spiro atoms. The average molecular weight is 240 g/mol. The van der Waals surface area contributed by atoms with Gasteiger partial charge in [-0.3, -0.25) is 4.79 Å². The lowest BCUT2D eigenvalue weighted by Gasteiger charge is -2.27. The molecule has 1 rings (SSSR count). The largest absolute Gasteiger partial charge is 0.356 e. The van der Waals surface area contributed by atoms with Crippen molar-refractivity contribution in [1.82, 2.24) is 10.6 Å². The monoisotopic (exact) mass is 240 g/mol. The minimum atomic E-state index is 0.184. The molecule has 1 amide bonds. The number of hydrogen-bond donors (Lipinski definition) is 2. The lowest BCUT2D eigenvalue weighted by Crippen LogP contribution is -2.43. The Hall–Kier alpha value is -0.570. The molecule has 0 aromatic heterocycles. The summed E-state index contributed by atoms with van der Waals surface area (Å²) in [7, 11) is 0. The van der Waals surface area contributed by atoms with Crippen LogP contribution in [0.5, 0.6) is 0 Å². The molecule has 1 aliphatic heterocycles. The highest BCUT2D eigenvalue weighted by Crippen LogP contribution is 2.19. The maximum atomic E-state index is 12.0. The third kappa shape index (κ3) is 4.66. The maximum absolute atomic E-state index is 12.0. The third-order valence-corrected chi connectivity index (χ3v) is 3.89. The van der Waals surface area contributed by atoms with Crippen LogP contribution in [0, 0.1) is 23.7 Å². The normalized spacial score (nSPS) is 21.2. The van der Waals surface area contributed by atoms with E-state index in [1.165, 1.54) is 0 Å². The molecule has 0 saturated carbocycles. The van der Waals surface area contributed by atoms with Crippen LogP contribution in [0.15, 0.2) is 0 Å². The van der Waals surface area contributed by atoms with Crippen molar-refractivity contribution in [2.45, 2.75) is 40.5 Å². The molecule has 0 unspecified atom stereocenters. The average Bonchev–Trinajstić information content (AvgIpc) is 2.29. The summed E-state index contributed by atoms with van der Waals surface area (Å²) in [6.07, 6.45) is 2.16. The molecular weight excluding hydrogens is 212 g/mol. The number of nitrogens with one attached hydrogen (secondary N) is 2. The number of hydrogen-bond acceptors (Lipinski definition) is 2. The molecule has 1 aliphatic rings. The molecule has 0 radical (unpaired) electrons. The Bertz CT molecular complexity index is 224. The van der Waals surface area contributed by atoms with E-state index < -0.39 is 0 Å². The van der Waals surface area contributed by atoms with E-state index in [-0.39, 0.29) is 11.8 Å². The first-order valence-corrected chi connectivity index (χ1v) is 7.00. The van der Waals surface area contributed by atoms with Gasteiger partial charge in [-0.25, -0.2) is 0 Å². The second-order valence-corrected chi connectivity index (χ2v) is 5.94. The zero-order chi connectivity index (χ0) is 12.8. The first-order valence-electron chi connectivity index (χ1n) is 7.00. The van der Waals surface area contributed by atoms with Crippen LogP contribution in [0.4, 0.5) is 0 Å². The Morgan fingerprint density at radius 1 is 1.29 bits per heavy atom. The summed E-state index contributed by atoms with van der Waals surface area (Å²) in [5.74, 6) is 2.25. The molecule has 1 heterocycles. The Morgan fingerprint density at radius 3 is 2.41 bits per heavy atom. The van der Waals surface area contributed by atoms with Gasteiger partial charge < -0.3 is 10.6 Å². The first kappa shape index (κ1) is 14.5. The molecular formula is C14H28N2O. The Morgan fingerprint density at radius 2 is 1.94 bits per heavy atom. The van der Waals surface area contributed by atoms with Gasteiger partial charge in [-0.1, -0.05) is 27.7 Å². The third-order valence-electron chi connectivity index (χ3n) is 3.89. The molecule has 0 aliphatic carbocycles. The summed E-state index contributed by atoms with van der Waals surface area (Å²) in [4.78, 5) is 12.0. The second kappa shape index (κ2) is 7.00. The van der Waals surface area contributed by atoms with Gasteiger partial charge in [0, 0.05) is 13.1 Å². The van der Waals surface area contributed by atoms with Crippen molar-refractivity contribution in [3.63, 3.8) is 0 Å². The molecule has 1 saturated heterocycles. The van der Waals surface area contributed by atoms with Gasteiger partial charge in [0.25, 0.3) is 0 Å². The quantitative estimate of drug-likeness (QED) is 0.772. The van der Waals surface area contributed by atoms with Crippen molar-refractivity contribution in [2.75, 3.05) is 19.6 Å². The van der Waals surface area contributed by atoms with Crippen LogP contribution in [0.3, 0.4) is 0 Å². The minimum absolute atomic E-state index is 0.184. The minimum Gasteiger partial charge on any atom is -0.356 e. The van der Waals surface area contributed by atoms with Crippen LogP contribution in [-0.2, 0) is 4.79 Å². The summed E-state index contributed by atoms with van der Waals surface area (Å²) in [5, 5.41) is 6.42. The molecule has 0 aromatic carbocycles. The van der Waals surface area contributed by atoms with Crippen molar-refractivity contribution in [3.05, 3.63) is 0 Å². The predicted molar refractivity (Wildman–Crippen MR) is 71.8 cm³/mol. The summed E-state index contributed by atoms with van der Waals surface area (Å²) in [6.45, 7) is 11.7. The van der Waals surface area contributed by atoms with Crippen molar-refractivity contribution in [1.29, 1.82) is 0 Å². The van der Waals surface area contributed by atoms with Gasteiger partial charge in [0.1, 0.15) is 0 Å². The smallest absolute Gasteiger partial charge is 0.224 e. The van der Waals surface area contributed by atoms with Gasteiger partial charge in [-0.15, -0.1) is 0 Å². The molecule has 3 nitrogen and oxygen atoms in total. The van der Waals surface area contributed by atoms with Crippen molar-refractivity contribution < 1.29 is 4.79 Å². The molecule has 0 aromatic rings. The number of amides is 1. The van der Waals surface area contributed by atoms with E-state index in [4.69, 9.17) is 0 Å². The predicted octanol–water partition coefficient (Wildman–Crippen LogP) is 2.03. The second-order valence-electron chi connectivity index (χ2n) is 5.94. The fraction of sp³-hybridized carbons (Fsp3) is 0.929. The van der Waals surface area contributed by atoms with E-state index in [1.54, 1.807) is 0 Å². The molecule has 2 N–H and O–H groups in total. The zero-order valence-electron chi connectivity index (χ0n) is 11.8. The standard InChI is InChI=1S/C14H28N2O/c1-10(2)13(11(3)4)9-16-14(17)12-6-5-7-15-8-12/h10-13,15H,5-9H2,1-4H3,(H,16,17)/t12-/m1/s1. The fourth-order valence-corrected chi connectivity index (χ4v) is 2.68. The van der Waals surface area contributed by atoms with Crippen LogP contribution in [0.1, 0.15) is 40.5 Å². The summed E-state index contributed by atoms with van der Waals surface area (Å²) >= 11 is 0. The molecule has 100 valence electrons. The molecule has 17 heavy (non-hydrogen) atoms. The maximum Gasteiger partial charge on any atom is 0.224 e. The molecule has 0 bridgehead atoms. The molecule has 3 heteroatoms. The highest BCUT2D eigenvalue weighted by Gasteiger charge is 2.23. The van der Waals surface area contributed by atoms with Gasteiger partial charge >= 0.3 is 0 Å². The van der Waals surface area contributed by atoms with Gasteiger partial charge in [-0.05, 0) is 37.1 Å². The Balaban J connectivity index is 2.35. The van der Waals surface area contributed by atoms with E-state index in [2.05, 4.69) is 38.3 Å². The summed E-state index contributed by atoms with van der Waals surface area (Å²) in [6, 6.07) is 0. The first-order chi connectivity index (χ1) is 8.02. The van der Waals surface area contributed by atoms with Crippen molar-refractivity contribution in [2.24, 2.45) is 23.7 Å². The Kier molecular flexibility index (Phi) is 5.96. The molecule has 1 fully saturated rings.